The van der Waals surface area contributed by atoms with Crippen molar-refractivity contribution < 1.29 is 57.9 Å². The maximum absolute atomic E-state index is 12.0. The van der Waals surface area contributed by atoms with Crippen LogP contribution in [0.5, 0.6) is 11.5 Å². The zero-order valence-corrected chi connectivity index (χ0v) is 22.1. The third-order valence-corrected chi connectivity index (χ3v) is 5.57. The summed E-state index contributed by atoms with van der Waals surface area (Å²) in [5.74, 6) is -3.30. The van der Waals surface area contributed by atoms with Crippen LogP contribution in [0.1, 0.15) is 38.8 Å². The first-order valence-corrected chi connectivity index (χ1v) is 12.1. The van der Waals surface area contributed by atoms with Gasteiger partial charge in [-0.1, -0.05) is 35.5 Å². The first kappa shape index (κ1) is 29.9. The van der Waals surface area contributed by atoms with Gasteiger partial charge in [0.1, 0.15) is 29.9 Å². The van der Waals surface area contributed by atoms with Gasteiger partial charge in [0, 0.05) is 44.9 Å². The molecule has 1 heterocycles. The molecule has 13 nitrogen and oxygen atoms in total. The Kier molecular flexibility index (Phi) is 10.0. The molecule has 0 unspecified atom stereocenters. The molecule has 0 bridgehead atoms. The molecule has 3 rings (SSSR count). The van der Waals surface area contributed by atoms with Crippen molar-refractivity contribution in [2.45, 2.75) is 58.4 Å². The van der Waals surface area contributed by atoms with Crippen molar-refractivity contribution in [2.75, 3.05) is 6.61 Å². The van der Waals surface area contributed by atoms with Gasteiger partial charge in [0.05, 0.1) is 0 Å². The molecular formula is C27H29NO12. The highest BCUT2D eigenvalue weighted by Gasteiger charge is 2.53. The summed E-state index contributed by atoms with van der Waals surface area (Å²) in [7, 11) is 0. The number of carbonyl (C=O) groups is 4. The quantitative estimate of drug-likeness (QED) is 0.151. The number of nitrogens with zero attached hydrogens (tertiary/aromatic N) is 1. The van der Waals surface area contributed by atoms with Crippen LogP contribution >= 0.6 is 0 Å². The summed E-state index contributed by atoms with van der Waals surface area (Å²) >= 11 is 0. The Morgan fingerprint density at radius 2 is 1.43 bits per heavy atom. The molecular weight excluding hydrogens is 530 g/mol. The van der Waals surface area contributed by atoms with Crippen molar-refractivity contribution in [1.29, 1.82) is 0 Å². The van der Waals surface area contributed by atoms with E-state index in [0.717, 1.165) is 27.7 Å². The highest BCUT2D eigenvalue weighted by Crippen LogP contribution is 2.33. The van der Waals surface area contributed by atoms with E-state index in [1.54, 1.807) is 30.3 Å². The number of phenols is 1. The summed E-state index contributed by atoms with van der Waals surface area (Å²) in [6.45, 7) is 4.06. The summed E-state index contributed by atoms with van der Waals surface area (Å²) in [6, 6.07) is 12.7. The number of hydrogen-bond donors (Lipinski definition) is 2. The molecule has 1 saturated heterocycles. The number of phenolic OH excluding ortho intramolecular Hbond substituents is 1. The highest BCUT2D eigenvalue weighted by atomic mass is 16.7. The Morgan fingerprint density at radius 1 is 0.825 bits per heavy atom. The molecule has 0 spiro atoms. The lowest BCUT2D eigenvalue weighted by molar-refractivity contribution is -0.288. The summed E-state index contributed by atoms with van der Waals surface area (Å²) in [4.78, 5) is 47.3. The lowest BCUT2D eigenvalue weighted by Gasteiger charge is -2.43. The van der Waals surface area contributed by atoms with E-state index in [1.807, 2.05) is 0 Å². The van der Waals surface area contributed by atoms with Gasteiger partial charge < -0.3 is 38.7 Å². The number of ether oxygens (including phenoxy) is 6. The minimum atomic E-state index is -1.48. The maximum atomic E-state index is 12.0. The molecule has 0 saturated carbocycles. The Hall–Kier alpha value is -4.65. The van der Waals surface area contributed by atoms with E-state index >= 15 is 0 Å². The molecule has 0 aromatic heterocycles. The molecule has 0 radical (unpaired) electrons. The molecule has 0 amide bonds. The lowest BCUT2D eigenvalue weighted by atomic mass is 9.98. The minimum Gasteiger partial charge on any atom is -0.507 e. The van der Waals surface area contributed by atoms with Gasteiger partial charge in [0.15, 0.2) is 12.2 Å². The van der Waals surface area contributed by atoms with Crippen LogP contribution in [-0.4, -0.2) is 77.2 Å². The van der Waals surface area contributed by atoms with E-state index in [-0.39, 0.29) is 22.8 Å². The second kappa shape index (κ2) is 13.4. The SMILES string of the molecule is CC(=O)OC[C@@H]1O[C@H](Oc2ccc(/C(=N/O)c3ccccc3)c(O)c2)[C@@H](OC(C)=O)[C@H](OC(C)=O)[C@H]1OC(C)=O. The first-order valence-electron chi connectivity index (χ1n) is 12.1. The van der Waals surface area contributed by atoms with Crippen LogP contribution in [0.15, 0.2) is 53.7 Å². The fourth-order valence-corrected chi connectivity index (χ4v) is 4.07. The second-order valence-corrected chi connectivity index (χ2v) is 8.68. The summed E-state index contributed by atoms with van der Waals surface area (Å²) in [5, 5.41) is 23.6. The van der Waals surface area contributed by atoms with Crippen molar-refractivity contribution in [1.82, 2.24) is 0 Å². The van der Waals surface area contributed by atoms with Crippen LogP contribution in [0, 0.1) is 0 Å². The van der Waals surface area contributed by atoms with Gasteiger partial charge in [-0.3, -0.25) is 19.2 Å². The van der Waals surface area contributed by atoms with Crippen LogP contribution in [0.25, 0.3) is 0 Å². The largest absolute Gasteiger partial charge is 0.507 e. The zero-order chi connectivity index (χ0) is 29.4. The van der Waals surface area contributed by atoms with Crippen molar-refractivity contribution >= 4 is 29.6 Å². The average Bonchev–Trinajstić information content (AvgIpc) is 2.88. The van der Waals surface area contributed by atoms with E-state index in [2.05, 4.69) is 5.16 Å². The Bertz CT molecular complexity index is 1260. The molecule has 13 heteroatoms. The lowest BCUT2D eigenvalue weighted by Crippen LogP contribution is -2.63. The standard InChI is InChI=1S/C27H29NO12/c1-14(29)35-13-22-24(36-15(2)30)25(37-16(3)31)26(38-17(4)32)27(40-22)39-19-10-11-20(21(33)12-19)23(28-34)18-8-6-5-7-9-18/h5-12,22,24-27,33-34H,13H2,1-4H3/b28-23+/t22-,24-,25+,26-,27-/m0/s1. The number of rotatable bonds is 9. The first-order chi connectivity index (χ1) is 19.0. The van der Waals surface area contributed by atoms with Gasteiger partial charge >= 0.3 is 23.9 Å². The number of esters is 4. The highest BCUT2D eigenvalue weighted by molar-refractivity contribution is 6.14. The van der Waals surface area contributed by atoms with Crippen molar-refractivity contribution in [3.8, 4) is 11.5 Å². The molecule has 1 aliphatic rings. The topological polar surface area (TPSA) is 176 Å². The molecule has 2 N–H and O–H groups in total. The average molecular weight is 560 g/mol. The number of hydrogen-bond acceptors (Lipinski definition) is 13. The zero-order valence-electron chi connectivity index (χ0n) is 22.1. The molecule has 1 aliphatic heterocycles. The van der Waals surface area contributed by atoms with Gasteiger partial charge in [0.25, 0.3) is 0 Å². The van der Waals surface area contributed by atoms with E-state index in [0.29, 0.717) is 5.56 Å². The van der Waals surface area contributed by atoms with Crippen LogP contribution in [0.3, 0.4) is 0 Å². The molecule has 40 heavy (non-hydrogen) atoms. The Labute approximate surface area is 229 Å². The van der Waals surface area contributed by atoms with Gasteiger partial charge in [-0.2, -0.15) is 0 Å². The number of aromatic hydroxyl groups is 1. The third-order valence-electron chi connectivity index (χ3n) is 5.57. The van der Waals surface area contributed by atoms with Crippen LogP contribution in [0.4, 0.5) is 0 Å². The summed E-state index contributed by atoms with van der Waals surface area (Å²) < 4.78 is 32.9. The number of oxime groups is 1. The molecule has 2 aromatic carbocycles. The van der Waals surface area contributed by atoms with Crippen molar-refractivity contribution in [3.05, 3.63) is 59.7 Å². The van der Waals surface area contributed by atoms with Crippen molar-refractivity contribution in [2.24, 2.45) is 5.16 Å². The minimum absolute atomic E-state index is 0.0208. The molecule has 1 fully saturated rings. The van der Waals surface area contributed by atoms with Gasteiger partial charge in [-0.15, -0.1) is 0 Å². The van der Waals surface area contributed by atoms with Gasteiger partial charge in [-0.05, 0) is 12.1 Å². The summed E-state index contributed by atoms with van der Waals surface area (Å²) in [6.07, 6.45) is -6.88. The Morgan fingerprint density at radius 3 is 1.98 bits per heavy atom. The number of benzene rings is 2. The molecule has 5 atom stereocenters. The normalized spacial score (nSPS) is 22.5. The molecule has 0 aliphatic carbocycles. The van der Waals surface area contributed by atoms with E-state index in [1.165, 1.54) is 18.2 Å². The predicted octanol–water partition coefficient (Wildman–Crippen LogP) is 2.08. The fourth-order valence-electron chi connectivity index (χ4n) is 4.07. The molecule has 2 aromatic rings. The Balaban J connectivity index is 1.98. The maximum Gasteiger partial charge on any atom is 0.303 e. The van der Waals surface area contributed by atoms with Crippen LogP contribution in [-0.2, 0) is 42.9 Å². The monoisotopic (exact) mass is 559 g/mol. The molecule has 214 valence electrons. The number of carbonyl (C=O) groups excluding carboxylic acids is 4. The van der Waals surface area contributed by atoms with Crippen LogP contribution in [0.2, 0.25) is 0 Å². The smallest absolute Gasteiger partial charge is 0.303 e. The van der Waals surface area contributed by atoms with Gasteiger partial charge in [0.2, 0.25) is 12.4 Å². The van der Waals surface area contributed by atoms with Crippen molar-refractivity contribution in [3.63, 3.8) is 0 Å². The van der Waals surface area contributed by atoms with Gasteiger partial charge in [-0.25, -0.2) is 0 Å². The predicted molar refractivity (Wildman–Crippen MR) is 135 cm³/mol. The van der Waals surface area contributed by atoms with E-state index in [9.17, 15) is 29.5 Å². The van der Waals surface area contributed by atoms with E-state index in [4.69, 9.17) is 28.4 Å². The summed E-state index contributed by atoms with van der Waals surface area (Å²) in [5.41, 5.74) is 0.813. The second-order valence-electron chi connectivity index (χ2n) is 8.68. The van der Waals surface area contributed by atoms with Crippen LogP contribution < -0.4 is 4.74 Å². The fraction of sp³-hybridized carbons (Fsp3) is 0.370. The van der Waals surface area contributed by atoms with E-state index < -0.39 is 61.2 Å². The third kappa shape index (κ3) is 7.69.